The van der Waals surface area contributed by atoms with Gasteiger partial charge in [-0.2, -0.15) is 8.75 Å². The fourth-order valence-electron chi connectivity index (χ4n) is 1.20. The van der Waals surface area contributed by atoms with Gasteiger partial charge in [0.15, 0.2) is 0 Å². The summed E-state index contributed by atoms with van der Waals surface area (Å²) < 4.78 is 7.80. The minimum atomic E-state index is -0.663. The van der Waals surface area contributed by atoms with Gasteiger partial charge in [-0.25, -0.2) is 0 Å². The van der Waals surface area contributed by atoms with Gasteiger partial charge >= 0.3 is 0 Å². The quantitative estimate of drug-likeness (QED) is 0.891. The number of aromatic nitrogens is 3. The zero-order valence-corrected chi connectivity index (χ0v) is 9.24. The predicted molar refractivity (Wildman–Crippen MR) is 57.8 cm³/mol. The van der Waals surface area contributed by atoms with Crippen molar-refractivity contribution in [1.29, 1.82) is 0 Å². The molecule has 0 spiro atoms. The molecule has 0 radical (unpaired) electrons. The molecule has 0 aliphatic rings. The summed E-state index contributed by atoms with van der Waals surface area (Å²) in [4.78, 5) is 3.88. The van der Waals surface area contributed by atoms with Gasteiger partial charge in [-0.3, -0.25) is 4.98 Å². The lowest BCUT2D eigenvalue weighted by Gasteiger charge is -2.07. The molecular formula is C9H8ClN3OS. The molecule has 0 saturated carbocycles. The van der Waals surface area contributed by atoms with Gasteiger partial charge in [0.2, 0.25) is 0 Å². The Morgan fingerprint density at radius 3 is 3.00 bits per heavy atom. The Hall–Kier alpha value is -1.04. The molecule has 1 unspecified atom stereocenters. The van der Waals surface area contributed by atoms with Crippen LogP contribution in [0.4, 0.5) is 0 Å². The van der Waals surface area contributed by atoms with Crippen molar-refractivity contribution < 1.29 is 5.11 Å². The van der Waals surface area contributed by atoms with Crippen LogP contribution < -0.4 is 0 Å². The Balaban J connectivity index is 2.13. The minimum Gasteiger partial charge on any atom is -0.386 e. The van der Waals surface area contributed by atoms with E-state index in [0.29, 0.717) is 17.1 Å². The molecule has 2 aromatic heterocycles. The van der Waals surface area contributed by atoms with Gasteiger partial charge in [-0.1, -0.05) is 11.6 Å². The highest BCUT2D eigenvalue weighted by Crippen LogP contribution is 2.21. The molecule has 0 bridgehead atoms. The number of pyridine rings is 1. The molecule has 4 nitrogen and oxygen atoms in total. The SMILES string of the molecule is OC(Cc1ccncc1Cl)c1cnsn1. The number of aliphatic hydroxyl groups excluding tert-OH is 1. The summed E-state index contributed by atoms with van der Waals surface area (Å²) in [6.45, 7) is 0. The van der Waals surface area contributed by atoms with E-state index in [9.17, 15) is 5.11 Å². The Morgan fingerprint density at radius 1 is 1.47 bits per heavy atom. The van der Waals surface area contributed by atoms with E-state index in [1.807, 2.05) is 0 Å². The molecule has 2 aromatic rings. The summed E-state index contributed by atoms with van der Waals surface area (Å²) in [6.07, 6.45) is 4.52. The summed E-state index contributed by atoms with van der Waals surface area (Å²) in [6, 6.07) is 1.78. The number of halogens is 1. The Bertz CT molecular complexity index is 435. The molecule has 0 saturated heterocycles. The van der Waals surface area contributed by atoms with E-state index >= 15 is 0 Å². The van der Waals surface area contributed by atoms with E-state index in [1.54, 1.807) is 24.7 Å². The van der Waals surface area contributed by atoms with E-state index in [-0.39, 0.29) is 0 Å². The standard InChI is InChI=1S/C9H8ClN3OS/c10-7-4-11-2-1-6(7)3-9(14)8-5-12-15-13-8/h1-2,4-5,9,14H,3H2. The first-order valence-corrected chi connectivity index (χ1v) is 5.42. The lowest BCUT2D eigenvalue weighted by atomic mass is 10.1. The summed E-state index contributed by atoms with van der Waals surface area (Å²) in [5.41, 5.74) is 1.43. The molecule has 0 fully saturated rings. The lowest BCUT2D eigenvalue weighted by molar-refractivity contribution is 0.174. The lowest BCUT2D eigenvalue weighted by Crippen LogP contribution is -2.02. The average Bonchev–Trinajstić information content (AvgIpc) is 2.74. The van der Waals surface area contributed by atoms with Crippen molar-refractivity contribution in [3.63, 3.8) is 0 Å². The molecule has 2 heterocycles. The highest BCUT2D eigenvalue weighted by molar-refractivity contribution is 6.99. The molecule has 0 aliphatic carbocycles. The zero-order chi connectivity index (χ0) is 10.7. The van der Waals surface area contributed by atoms with Gasteiger partial charge in [-0.05, 0) is 11.6 Å². The molecule has 0 amide bonds. The number of nitrogens with zero attached hydrogens (tertiary/aromatic N) is 3. The number of hydrogen-bond donors (Lipinski definition) is 1. The first-order valence-electron chi connectivity index (χ1n) is 4.31. The third kappa shape index (κ3) is 2.50. The highest BCUT2D eigenvalue weighted by Gasteiger charge is 2.12. The van der Waals surface area contributed by atoms with Crippen molar-refractivity contribution in [2.75, 3.05) is 0 Å². The molecular weight excluding hydrogens is 234 g/mol. The molecule has 78 valence electrons. The summed E-state index contributed by atoms with van der Waals surface area (Å²) >= 11 is 7.00. The van der Waals surface area contributed by atoms with Crippen LogP contribution >= 0.6 is 23.3 Å². The van der Waals surface area contributed by atoms with Crippen LogP contribution in [0.1, 0.15) is 17.4 Å². The van der Waals surface area contributed by atoms with E-state index in [2.05, 4.69) is 13.7 Å². The Morgan fingerprint density at radius 2 is 2.33 bits per heavy atom. The van der Waals surface area contributed by atoms with E-state index in [0.717, 1.165) is 17.3 Å². The Labute approximate surface area is 95.9 Å². The predicted octanol–water partition coefficient (Wildman–Crippen LogP) is 1.86. The van der Waals surface area contributed by atoms with Gasteiger partial charge in [0.05, 0.1) is 22.9 Å². The largest absolute Gasteiger partial charge is 0.386 e. The maximum Gasteiger partial charge on any atom is 0.103 e. The first kappa shape index (κ1) is 10.5. The van der Waals surface area contributed by atoms with Crippen LogP contribution in [-0.4, -0.2) is 18.8 Å². The van der Waals surface area contributed by atoms with E-state index in [4.69, 9.17) is 11.6 Å². The van der Waals surface area contributed by atoms with Crippen LogP contribution in [0.25, 0.3) is 0 Å². The van der Waals surface area contributed by atoms with Gasteiger partial charge in [0.25, 0.3) is 0 Å². The fraction of sp³-hybridized carbons (Fsp3) is 0.222. The molecule has 15 heavy (non-hydrogen) atoms. The summed E-state index contributed by atoms with van der Waals surface area (Å²) in [5, 5.41) is 10.4. The van der Waals surface area contributed by atoms with Gasteiger partial charge in [0, 0.05) is 18.8 Å². The van der Waals surface area contributed by atoms with Crippen LogP contribution in [0.15, 0.2) is 24.7 Å². The molecule has 0 aliphatic heterocycles. The average molecular weight is 242 g/mol. The van der Waals surface area contributed by atoms with E-state index < -0.39 is 6.10 Å². The number of hydrogen-bond acceptors (Lipinski definition) is 5. The maximum atomic E-state index is 9.81. The van der Waals surface area contributed by atoms with Crippen molar-refractivity contribution in [2.45, 2.75) is 12.5 Å². The second kappa shape index (κ2) is 4.65. The van der Waals surface area contributed by atoms with Crippen LogP contribution in [0.2, 0.25) is 5.02 Å². The second-order valence-electron chi connectivity index (χ2n) is 3.02. The van der Waals surface area contributed by atoms with Gasteiger partial charge < -0.3 is 5.11 Å². The normalized spacial score (nSPS) is 12.7. The molecule has 1 atom stereocenters. The third-order valence-electron chi connectivity index (χ3n) is 1.99. The van der Waals surface area contributed by atoms with Crippen LogP contribution in [0, 0.1) is 0 Å². The van der Waals surface area contributed by atoms with Gasteiger partial charge in [0.1, 0.15) is 11.8 Å². The van der Waals surface area contributed by atoms with Crippen LogP contribution in [-0.2, 0) is 6.42 Å². The monoisotopic (exact) mass is 241 g/mol. The fourth-order valence-corrected chi connectivity index (χ4v) is 1.86. The third-order valence-corrected chi connectivity index (χ3v) is 2.82. The number of aliphatic hydroxyl groups is 1. The zero-order valence-electron chi connectivity index (χ0n) is 7.67. The molecule has 1 N–H and O–H groups in total. The Kier molecular flexibility index (Phi) is 3.25. The highest BCUT2D eigenvalue weighted by atomic mass is 35.5. The topological polar surface area (TPSA) is 58.9 Å². The minimum absolute atomic E-state index is 0.423. The number of rotatable bonds is 3. The maximum absolute atomic E-state index is 9.81. The molecule has 2 rings (SSSR count). The van der Waals surface area contributed by atoms with Crippen molar-refractivity contribution in [3.8, 4) is 0 Å². The van der Waals surface area contributed by atoms with Crippen molar-refractivity contribution in [2.24, 2.45) is 0 Å². The van der Waals surface area contributed by atoms with Gasteiger partial charge in [-0.15, -0.1) is 0 Å². The summed E-state index contributed by atoms with van der Waals surface area (Å²) in [5.74, 6) is 0. The second-order valence-corrected chi connectivity index (χ2v) is 3.98. The first-order chi connectivity index (χ1) is 7.27. The molecule has 6 heteroatoms. The van der Waals surface area contributed by atoms with Crippen molar-refractivity contribution in [1.82, 2.24) is 13.7 Å². The molecule has 0 aromatic carbocycles. The van der Waals surface area contributed by atoms with Crippen molar-refractivity contribution in [3.05, 3.63) is 40.9 Å². The summed E-state index contributed by atoms with van der Waals surface area (Å²) in [7, 11) is 0. The van der Waals surface area contributed by atoms with Crippen LogP contribution in [0.3, 0.4) is 0 Å². The van der Waals surface area contributed by atoms with Crippen LogP contribution in [0.5, 0.6) is 0 Å². The van der Waals surface area contributed by atoms with E-state index in [1.165, 1.54) is 0 Å². The smallest absolute Gasteiger partial charge is 0.103 e. The van der Waals surface area contributed by atoms with Crippen molar-refractivity contribution >= 4 is 23.3 Å².